The van der Waals surface area contributed by atoms with E-state index in [1.807, 2.05) is 0 Å². The van der Waals surface area contributed by atoms with Crippen molar-refractivity contribution in [1.29, 1.82) is 0 Å². The van der Waals surface area contributed by atoms with Crippen LogP contribution in [0.15, 0.2) is 11.6 Å². The fourth-order valence-electron chi connectivity index (χ4n) is 1.15. The van der Waals surface area contributed by atoms with Crippen LogP contribution in [0, 0.1) is 0 Å². The average Bonchev–Trinajstić information content (AvgIpc) is 2.28. The highest BCUT2D eigenvalue weighted by Gasteiger charge is 2.31. The highest BCUT2D eigenvalue weighted by Crippen LogP contribution is 2.01. The van der Waals surface area contributed by atoms with Crippen molar-refractivity contribution in [1.82, 2.24) is 10.6 Å². The quantitative estimate of drug-likeness (QED) is 0.461. The number of imide groups is 1. The van der Waals surface area contributed by atoms with Gasteiger partial charge in [0.2, 0.25) is 17.7 Å². The number of amides is 3. The van der Waals surface area contributed by atoms with Gasteiger partial charge in [-0.1, -0.05) is 5.57 Å². The van der Waals surface area contributed by atoms with E-state index in [9.17, 15) is 14.4 Å². The molecule has 1 aliphatic rings. The second-order valence-corrected chi connectivity index (χ2v) is 3.40. The SMILES string of the molecule is CC(C)=CC(=O)NC1CC(=O)NC1=O. The van der Waals surface area contributed by atoms with Crippen molar-refractivity contribution in [2.75, 3.05) is 0 Å². The summed E-state index contributed by atoms with van der Waals surface area (Å²) in [5.74, 6) is -1.14. The van der Waals surface area contributed by atoms with E-state index in [1.54, 1.807) is 13.8 Å². The first-order valence-corrected chi connectivity index (χ1v) is 4.28. The van der Waals surface area contributed by atoms with Crippen LogP contribution in [0.3, 0.4) is 0 Å². The summed E-state index contributed by atoms with van der Waals surface area (Å²) in [7, 11) is 0. The smallest absolute Gasteiger partial charge is 0.249 e. The van der Waals surface area contributed by atoms with Crippen LogP contribution in [-0.4, -0.2) is 23.8 Å². The van der Waals surface area contributed by atoms with Crippen molar-refractivity contribution < 1.29 is 14.4 Å². The molecule has 3 amide bonds. The number of carbonyl (C=O) groups is 3. The molecule has 0 spiro atoms. The lowest BCUT2D eigenvalue weighted by molar-refractivity contribution is -0.127. The summed E-state index contributed by atoms with van der Waals surface area (Å²) in [4.78, 5) is 33.0. The van der Waals surface area contributed by atoms with Gasteiger partial charge in [0.05, 0.1) is 6.42 Å². The fraction of sp³-hybridized carbons (Fsp3) is 0.444. The van der Waals surface area contributed by atoms with Gasteiger partial charge in [-0.15, -0.1) is 0 Å². The summed E-state index contributed by atoms with van der Waals surface area (Å²) < 4.78 is 0. The maximum absolute atomic E-state index is 11.2. The molecule has 0 radical (unpaired) electrons. The van der Waals surface area contributed by atoms with Gasteiger partial charge >= 0.3 is 0 Å². The van der Waals surface area contributed by atoms with Crippen molar-refractivity contribution >= 4 is 17.7 Å². The van der Waals surface area contributed by atoms with Crippen LogP contribution in [0.25, 0.3) is 0 Å². The third kappa shape index (κ3) is 2.69. The molecule has 1 saturated heterocycles. The Kier molecular flexibility index (Phi) is 3.01. The second-order valence-electron chi connectivity index (χ2n) is 3.40. The van der Waals surface area contributed by atoms with Crippen LogP contribution >= 0.6 is 0 Å². The fourth-order valence-corrected chi connectivity index (χ4v) is 1.15. The van der Waals surface area contributed by atoms with Crippen molar-refractivity contribution in [2.45, 2.75) is 26.3 Å². The van der Waals surface area contributed by atoms with Crippen LogP contribution in [0.2, 0.25) is 0 Å². The van der Waals surface area contributed by atoms with E-state index in [2.05, 4.69) is 10.6 Å². The molecule has 0 aromatic rings. The van der Waals surface area contributed by atoms with Gasteiger partial charge in [0, 0.05) is 6.08 Å². The normalized spacial score (nSPS) is 20.3. The highest BCUT2D eigenvalue weighted by molar-refractivity contribution is 6.07. The van der Waals surface area contributed by atoms with E-state index >= 15 is 0 Å². The Hall–Kier alpha value is -1.65. The van der Waals surface area contributed by atoms with Gasteiger partial charge in [-0.3, -0.25) is 19.7 Å². The van der Waals surface area contributed by atoms with Crippen LogP contribution in [0.1, 0.15) is 20.3 Å². The second kappa shape index (κ2) is 4.04. The Labute approximate surface area is 81.5 Å². The third-order valence-electron chi connectivity index (χ3n) is 1.70. The van der Waals surface area contributed by atoms with E-state index < -0.39 is 11.9 Å². The summed E-state index contributed by atoms with van der Waals surface area (Å²) in [5, 5.41) is 4.55. The van der Waals surface area contributed by atoms with Crippen molar-refractivity contribution in [2.24, 2.45) is 0 Å². The van der Waals surface area contributed by atoms with Crippen LogP contribution in [0.5, 0.6) is 0 Å². The van der Waals surface area contributed by atoms with Crippen LogP contribution < -0.4 is 10.6 Å². The van der Waals surface area contributed by atoms with E-state index in [4.69, 9.17) is 0 Å². The molecule has 0 saturated carbocycles. The molecule has 0 aromatic heterocycles. The van der Waals surface area contributed by atoms with Gasteiger partial charge in [-0.2, -0.15) is 0 Å². The van der Waals surface area contributed by atoms with Crippen molar-refractivity contribution in [3.63, 3.8) is 0 Å². The maximum atomic E-state index is 11.2. The summed E-state index contributed by atoms with van der Waals surface area (Å²) in [6.45, 7) is 3.55. The van der Waals surface area contributed by atoms with Gasteiger partial charge in [-0.25, -0.2) is 0 Å². The molecule has 1 rings (SSSR count). The molecule has 14 heavy (non-hydrogen) atoms. The highest BCUT2D eigenvalue weighted by atomic mass is 16.2. The van der Waals surface area contributed by atoms with Crippen LogP contribution in [-0.2, 0) is 14.4 Å². The van der Waals surface area contributed by atoms with Crippen molar-refractivity contribution in [3.05, 3.63) is 11.6 Å². The Morgan fingerprint density at radius 1 is 1.50 bits per heavy atom. The first-order valence-electron chi connectivity index (χ1n) is 4.28. The molecule has 1 fully saturated rings. The Bertz CT molecular complexity index is 316. The van der Waals surface area contributed by atoms with E-state index in [1.165, 1.54) is 6.08 Å². The molecule has 1 atom stereocenters. The molecule has 0 aromatic carbocycles. The zero-order chi connectivity index (χ0) is 10.7. The summed E-state index contributed by atoms with van der Waals surface area (Å²) >= 11 is 0. The standard InChI is InChI=1S/C9H12N2O3/c1-5(2)3-7(12)10-6-4-8(13)11-9(6)14/h3,6H,4H2,1-2H3,(H,10,12)(H,11,13,14). The van der Waals surface area contributed by atoms with Gasteiger partial charge in [0.25, 0.3) is 0 Å². The molecule has 76 valence electrons. The molecule has 1 heterocycles. The minimum atomic E-state index is -0.717. The third-order valence-corrected chi connectivity index (χ3v) is 1.70. The number of hydrogen-bond acceptors (Lipinski definition) is 3. The summed E-state index contributed by atoms with van der Waals surface area (Å²) in [6, 6.07) is -0.717. The number of allylic oxidation sites excluding steroid dienone is 1. The number of hydrogen-bond donors (Lipinski definition) is 2. The lowest BCUT2D eigenvalue weighted by Gasteiger charge is -2.06. The van der Waals surface area contributed by atoms with Gasteiger partial charge in [0.1, 0.15) is 6.04 Å². The Balaban J connectivity index is 2.53. The molecule has 5 nitrogen and oxygen atoms in total. The van der Waals surface area contributed by atoms with E-state index in [0.717, 1.165) is 5.57 Å². The maximum Gasteiger partial charge on any atom is 0.249 e. The molecule has 1 unspecified atom stereocenters. The van der Waals surface area contributed by atoms with Gasteiger partial charge < -0.3 is 5.32 Å². The molecule has 5 heteroatoms. The summed E-state index contributed by atoms with van der Waals surface area (Å²) in [6.07, 6.45) is 1.41. The minimum absolute atomic E-state index is 0.0289. The molecule has 1 aliphatic heterocycles. The zero-order valence-electron chi connectivity index (χ0n) is 8.09. The average molecular weight is 196 g/mol. The minimum Gasteiger partial charge on any atom is -0.340 e. The molecule has 0 aliphatic carbocycles. The first-order chi connectivity index (χ1) is 6.49. The van der Waals surface area contributed by atoms with E-state index in [0.29, 0.717) is 0 Å². The van der Waals surface area contributed by atoms with Crippen molar-refractivity contribution in [3.8, 4) is 0 Å². The number of rotatable bonds is 2. The lowest BCUT2D eigenvalue weighted by atomic mass is 10.2. The lowest BCUT2D eigenvalue weighted by Crippen LogP contribution is -2.39. The molecular weight excluding hydrogens is 184 g/mol. The Morgan fingerprint density at radius 2 is 2.14 bits per heavy atom. The largest absolute Gasteiger partial charge is 0.340 e. The zero-order valence-corrected chi connectivity index (χ0v) is 8.09. The first kappa shape index (κ1) is 10.4. The molecule has 2 N–H and O–H groups in total. The van der Waals surface area contributed by atoms with Gasteiger partial charge in [0.15, 0.2) is 0 Å². The Morgan fingerprint density at radius 3 is 2.57 bits per heavy atom. The molecule has 0 bridgehead atoms. The topological polar surface area (TPSA) is 75.3 Å². The van der Waals surface area contributed by atoms with E-state index in [-0.39, 0.29) is 18.2 Å². The summed E-state index contributed by atoms with van der Waals surface area (Å²) in [5.41, 5.74) is 0.840. The van der Waals surface area contributed by atoms with Gasteiger partial charge in [-0.05, 0) is 13.8 Å². The predicted octanol–water partition coefficient (Wildman–Crippen LogP) is -0.516. The molecular formula is C9H12N2O3. The van der Waals surface area contributed by atoms with Crippen LogP contribution in [0.4, 0.5) is 0 Å². The predicted molar refractivity (Wildman–Crippen MR) is 49.1 cm³/mol. The number of carbonyl (C=O) groups excluding carboxylic acids is 3. The number of nitrogens with one attached hydrogen (secondary N) is 2. The monoisotopic (exact) mass is 196 g/mol.